The zero-order valence-corrected chi connectivity index (χ0v) is 13.1. The van der Waals surface area contributed by atoms with Crippen molar-refractivity contribution in [3.05, 3.63) is 54.6 Å². The van der Waals surface area contributed by atoms with Crippen LogP contribution >= 0.6 is 0 Å². The summed E-state index contributed by atoms with van der Waals surface area (Å²) in [6.07, 6.45) is 0. The smallest absolute Gasteiger partial charge is 0.220 e. The molecule has 19 heavy (non-hydrogen) atoms. The third kappa shape index (κ3) is 5.33. The number of hydrogen-bond donors (Lipinski definition) is 0. The SMILES string of the molecule is CCN(CC)S(=O)(=O)[c-]1cccc1.[Fe+2].c1cc[cH-]c1. The molecule has 0 N–H and O–H groups in total. The zero-order valence-electron chi connectivity index (χ0n) is 11.1. The van der Waals surface area contributed by atoms with Crippen LogP contribution in [0.3, 0.4) is 0 Å². The van der Waals surface area contributed by atoms with Gasteiger partial charge < -0.3 is 0 Å². The van der Waals surface area contributed by atoms with Gasteiger partial charge >= 0.3 is 17.1 Å². The van der Waals surface area contributed by atoms with Crippen LogP contribution in [0.5, 0.6) is 0 Å². The molecule has 0 heterocycles. The predicted molar refractivity (Wildman–Crippen MR) is 74.2 cm³/mol. The van der Waals surface area contributed by atoms with Gasteiger partial charge in [0.05, 0.1) is 0 Å². The first-order valence-corrected chi connectivity index (χ1v) is 7.45. The molecule has 0 saturated heterocycles. The van der Waals surface area contributed by atoms with E-state index < -0.39 is 10.0 Å². The Labute approximate surface area is 126 Å². The summed E-state index contributed by atoms with van der Waals surface area (Å²) in [6, 6.07) is 16.7. The predicted octanol–water partition coefficient (Wildman–Crippen LogP) is 2.84. The van der Waals surface area contributed by atoms with Crippen molar-refractivity contribution in [2.45, 2.75) is 18.7 Å². The van der Waals surface area contributed by atoms with Gasteiger partial charge in [-0.3, -0.25) is 0 Å². The summed E-state index contributed by atoms with van der Waals surface area (Å²) in [7, 11) is -3.22. The Hall–Kier alpha value is -0.871. The van der Waals surface area contributed by atoms with Crippen LogP contribution in [0.4, 0.5) is 0 Å². The summed E-state index contributed by atoms with van der Waals surface area (Å²) >= 11 is 0. The van der Waals surface area contributed by atoms with Crippen LogP contribution in [0.25, 0.3) is 0 Å². The minimum Gasteiger partial charge on any atom is -0.220 e. The topological polar surface area (TPSA) is 37.4 Å². The van der Waals surface area contributed by atoms with Gasteiger partial charge in [-0.05, 0) is 4.90 Å². The van der Waals surface area contributed by atoms with E-state index in [1.165, 1.54) is 4.31 Å². The number of rotatable bonds is 4. The van der Waals surface area contributed by atoms with Crippen LogP contribution in [0.1, 0.15) is 13.8 Å². The van der Waals surface area contributed by atoms with E-state index >= 15 is 0 Å². The van der Waals surface area contributed by atoms with Gasteiger partial charge in [-0.2, -0.15) is 30.3 Å². The van der Waals surface area contributed by atoms with Gasteiger partial charge in [-0.25, -0.2) is 37.0 Å². The molecule has 0 spiro atoms. The van der Waals surface area contributed by atoms with Gasteiger partial charge in [0.15, 0.2) is 10.0 Å². The minimum atomic E-state index is -3.22. The molecule has 2 aromatic carbocycles. The second kappa shape index (κ2) is 9.10. The molecular formula is C14H19FeNO2S. The largest absolute Gasteiger partial charge is 2.00 e. The van der Waals surface area contributed by atoms with E-state index in [-0.39, 0.29) is 17.1 Å². The summed E-state index contributed by atoms with van der Waals surface area (Å²) in [4.78, 5) is 0.385. The number of nitrogens with zero attached hydrogens (tertiary/aromatic N) is 1. The van der Waals surface area contributed by atoms with E-state index in [9.17, 15) is 8.42 Å². The first kappa shape index (κ1) is 18.1. The van der Waals surface area contributed by atoms with E-state index in [2.05, 4.69) is 0 Å². The fourth-order valence-corrected chi connectivity index (χ4v) is 3.04. The van der Waals surface area contributed by atoms with E-state index in [0.29, 0.717) is 18.0 Å². The Morgan fingerprint density at radius 1 is 1.00 bits per heavy atom. The summed E-state index contributed by atoms with van der Waals surface area (Å²) in [5.41, 5.74) is 0. The summed E-state index contributed by atoms with van der Waals surface area (Å²) < 4.78 is 25.0. The van der Waals surface area contributed by atoms with Crippen molar-refractivity contribution in [3.8, 4) is 0 Å². The van der Waals surface area contributed by atoms with Crippen molar-refractivity contribution < 1.29 is 25.5 Å². The first-order valence-electron chi connectivity index (χ1n) is 6.01. The average molecular weight is 321 g/mol. The maximum Gasteiger partial charge on any atom is 2.00 e. The molecule has 0 amide bonds. The van der Waals surface area contributed by atoms with Crippen molar-refractivity contribution in [1.29, 1.82) is 0 Å². The van der Waals surface area contributed by atoms with E-state index in [0.717, 1.165) is 0 Å². The van der Waals surface area contributed by atoms with Crippen molar-refractivity contribution in [1.82, 2.24) is 4.31 Å². The molecule has 3 nitrogen and oxygen atoms in total. The van der Waals surface area contributed by atoms with Crippen LogP contribution in [0, 0.1) is 0 Å². The molecule has 0 unspecified atom stereocenters. The van der Waals surface area contributed by atoms with Crippen LogP contribution in [-0.2, 0) is 27.1 Å². The third-order valence-electron chi connectivity index (χ3n) is 2.53. The van der Waals surface area contributed by atoms with E-state index in [1.807, 2.05) is 44.2 Å². The van der Waals surface area contributed by atoms with Gasteiger partial charge in [-0.1, -0.05) is 13.8 Å². The molecular weight excluding hydrogens is 302 g/mol. The maximum atomic E-state index is 11.8. The first-order chi connectivity index (χ1) is 8.62. The van der Waals surface area contributed by atoms with Crippen molar-refractivity contribution >= 4 is 10.0 Å². The second-order valence-electron chi connectivity index (χ2n) is 3.67. The molecule has 0 atom stereocenters. The quantitative estimate of drug-likeness (QED) is 0.641. The van der Waals surface area contributed by atoms with Gasteiger partial charge in [0.1, 0.15) is 0 Å². The Kier molecular flexibility index (Phi) is 8.68. The molecule has 0 aromatic heterocycles. The van der Waals surface area contributed by atoms with E-state index in [1.54, 1.807) is 24.3 Å². The third-order valence-corrected chi connectivity index (χ3v) is 4.59. The monoisotopic (exact) mass is 321 g/mol. The van der Waals surface area contributed by atoms with Crippen LogP contribution < -0.4 is 0 Å². The summed E-state index contributed by atoms with van der Waals surface area (Å²) in [5.74, 6) is 0. The van der Waals surface area contributed by atoms with Crippen LogP contribution in [0.2, 0.25) is 0 Å². The number of sulfonamides is 1. The molecule has 0 bridgehead atoms. The molecule has 2 aromatic rings. The normalized spacial score (nSPS) is 10.5. The second-order valence-corrected chi connectivity index (χ2v) is 5.61. The molecule has 0 aliphatic heterocycles. The van der Waals surface area contributed by atoms with Crippen molar-refractivity contribution in [2.75, 3.05) is 13.1 Å². The molecule has 0 radical (unpaired) electrons. The van der Waals surface area contributed by atoms with Crippen LogP contribution in [0.15, 0.2) is 59.5 Å². The molecule has 0 fully saturated rings. The molecule has 0 aliphatic rings. The minimum absolute atomic E-state index is 0. The van der Waals surface area contributed by atoms with Gasteiger partial charge in [-0.15, -0.1) is 0 Å². The van der Waals surface area contributed by atoms with Gasteiger partial charge in [0.2, 0.25) is 0 Å². The molecule has 5 heteroatoms. The van der Waals surface area contributed by atoms with Gasteiger partial charge in [0.25, 0.3) is 0 Å². The van der Waals surface area contributed by atoms with Crippen LogP contribution in [-0.4, -0.2) is 25.8 Å². The molecule has 2 rings (SSSR count). The molecule has 106 valence electrons. The fourth-order valence-electron chi connectivity index (χ4n) is 1.56. The Balaban J connectivity index is 0.000000454. The fraction of sp³-hybridized carbons (Fsp3) is 0.286. The number of hydrogen-bond acceptors (Lipinski definition) is 2. The Bertz CT molecular complexity index is 482. The molecule has 0 saturated carbocycles. The standard InChI is InChI=1S/C9H14NO2S.C5H5.Fe/c1-3-10(4-2)13(11,12)9-7-5-6-8-9;1-2-4-5-3-1;/h5-8H,3-4H2,1-2H3;1-5H;/q2*-1;+2. The summed E-state index contributed by atoms with van der Waals surface area (Å²) in [6.45, 7) is 4.71. The Morgan fingerprint density at radius 2 is 1.47 bits per heavy atom. The summed E-state index contributed by atoms with van der Waals surface area (Å²) in [5, 5.41) is 0. The molecule has 0 aliphatic carbocycles. The van der Waals surface area contributed by atoms with Gasteiger partial charge in [0, 0.05) is 13.1 Å². The van der Waals surface area contributed by atoms with Crippen molar-refractivity contribution in [3.63, 3.8) is 0 Å². The zero-order chi connectivity index (χ0) is 13.4. The van der Waals surface area contributed by atoms with Crippen molar-refractivity contribution in [2.24, 2.45) is 0 Å². The maximum absolute atomic E-state index is 11.8. The average Bonchev–Trinajstić information content (AvgIpc) is 3.07. The Morgan fingerprint density at radius 3 is 1.79 bits per heavy atom. The van der Waals surface area contributed by atoms with E-state index in [4.69, 9.17) is 0 Å².